The van der Waals surface area contributed by atoms with Gasteiger partial charge in [0, 0.05) is 17.5 Å². The van der Waals surface area contributed by atoms with Crippen molar-refractivity contribution in [1.29, 1.82) is 0 Å². The number of hydrogen-bond acceptors (Lipinski definition) is 3. The van der Waals surface area contributed by atoms with Crippen molar-refractivity contribution in [3.05, 3.63) is 52.6 Å². The Bertz CT molecular complexity index is 613. The Morgan fingerprint density at radius 1 is 1.42 bits per heavy atom. The van der Waals surface area contributed by atoms with Gasteiger partial charge >= 0.3 is 0 Å². The van der Waals surface area contributed by atoms with Gasteiger partial charge in [0.05, 0.1) is 11.4 Å². The van der Waals surface area contributed by atoms with E-state index in [9.17, 15) is 4.79 Å². The summed E-state index contributed by atoms with van der Waals surface area (Å²) in [5.74, 6) is -0.213. The molecule has 0 unspecified atom stereocenters. The van der Waals surface area contributed by atoms with Gasteiger partial charge in [-0.25, -0.2) is 4.98 Å². The van der Waals surface area contributed by atoms with Crippen LogP contribution in [0.3, 0.4) is 0 Å². The number of anilines is 1. The van der Waals surface area contributed by atoms with E-state index in [0.717, 1.165) is 17.8 Å². The van der Waals surface area contributed by atoms with Crippen LogP contribution in [0.1, 0.15) is 28.7 Å². The minimum absolute atomic E-state index is 0.213. The van der Waals surface area contributed by atoms with E-state index in [2.05, 4.69) is 15.3 Å². The van der Waals surface area contributed by atoms with Crippen molar-refractivity contribution in [2.75, 3.05) is 5.32 Å². The molecule has 0 radical (unpaired) electrons. The normalized spacial score (nSPS) is 10.3. The maximum absolute atomic E-state index is 12.2. The second-order valence-corrected chi connectivity index (χ2v) is 4.50. The lowest BCUT2D eigenvalue weighted by Crippen LogP contribution is -2.14. The number of pyridine rings is 2. The molecule has 0 aliphatic heterocycles. The summed E-state index contributed by atoms with van der Waals surface area (Å²) in [5.41, 5.74) is 2.76. The molecule has 98 valence electrons. The van der Waals surface area contributed by atoms with Gasteiger partial charge in [0.1, 0.15) is 5.15 Å². The van der Waals surface area contributed by atoms with Gasteiger partial charge in [0.2, 0.25) is 0 Å². The second-order valence-electron chi connectivity index (χ2n) is 4.11. The molecule has 5 heteroatoms. The van der Waals surface area contributed by atoms with Crippen molar-refractivity contribution in [3.63, 3.8) is 0 Å². The summed E-state index contributed by atoms with van der Waals surface area (Å²) in [4.78, 5) is 20.4. The number of halogens is 1. The van der Waals surface area contributed by atoms with Crippen LogP contribution in [0.2, 0.25) is 5.15 Å². The Kier molecular flexibility index (Phi) is 4.12. The smallest absolute Gasteiger partial charge is 0.255 e. The number of carbonyl (C=O) groups excluding carboxylic acids is 1. The minimum Gasteiger partial charge on any atom is -0.320 e. The summed E-state index contributed by atoms with van der Waals surface area (Å²) in [5, 5.41) is 3.14. The topological polar surface area (TPSA) is 54.9 Å². The lowest BCUT2D eigenvalue weighted by Gasteiger charge is -2.08. The molecule has 2 aromatic heterocycles. The van der Waals surface area contributed by atoms with Crippen molar-refractivity contribution in [2.24, 2.45) is 0 Å². The van der Waals surface area contributed by atoms with Crippen LogP contribution in [0.4, 0.5) is 5.69 Å². The first-order valence-corrected chi connectivity index (χ1v) is 6.37. The van der Waals surface area contributed by atoms with Crippen molar-refractivity contribution >= 4 is 23.2 Å². The van der Waals surface area contributed by atoms with Crippen LogP contribution in [0, 0.1) is 6.92 Å². The fourth-order valence-corrected chi connectivity index (χ4v) is 1.90. The Labute approximate surface area is 116 Å². The molecule has 4 nitrogen and oxygen atoms in total. The van der Waals surface area contributed by atoms with Gasteiger partial charge in [-0.15, -0.1) is 0 Å². The molecule has 1 amide bonds. The Balaban J connectivity index is 2.25. The van der Waals surface area contributed by atoms with Crippen LogP contribution in [0.25, 0.3) is 0 Å². The van der Waals surface area contributed by atoms with E-state index >= 15 is 0 Å². The molecule has 0 saturated heterocycles. The average Bonchev–Trinajstić information content (AvgIpc) is 2.40. The maximum Gasteiger partial charge on any atom is 0.255 e. The van der Waals surface area contributed by atoms with E-state index < -0.39 is 0 Å². The second kappa shape index (κ2) is 5.80. The highest BCUT2D eigenvalue weighted by molar-refractivity contribution is 6.29. The molecule has 0 spiro atoms. The fourth-order valence-electron chi connectivity index (χ4n) is 1.67. The molecule has 2 aromatic rings. The molecule has 0 aliphatic rings. The quantitative estimate of drug-likeness (QED) is 0.875. The summed E-state index contributed by atoms with van der Waals surface area (Å²) >= 11 is 5.90. The number of carbonyl (C=O) groups is 1. The number of aryl methyl sites for hydroxylation is 2. The van der Waals surface area contributed by atoms with Gasteiger partial charge in [0.15, 0.2) is 0 Å². The molecule has 0 saturated carbocycles. The van der Waals surface area contributed by atoms with Gasteiger partial charge in [0.25, 0.3) is 5.91 Å². The molecular formula is C14H14ClN3O. The molecule has 0 bridgehead atoms. The zero-order chi connectivity index (χ0) is 13.8. The number of nitrogens with one attached hydrogen (secondary N) is 1. The number of rotatable bonds is 3. The molecule has 0 atom stereocenters. The van der Waals surface area contributed by atoms with Crippen LogP contribution >= 0.6 is 11.6 Å². The molecule has 0 aromatic carbocycles. The molecule has 0 aliphatic carbocycles. The largest absolute Gasteiger partial charge is 0.320 e. The Morgan fingerprint density at radius 3 is 2.89 bits per heavy atom. The highest BCUT2D eigenvalue weighted by Gasteiger charge is 2.10. The van der Waals surface area contributed by atoms with E-state index in [4.69, 9.17) is 11.6 Å². The summed E-state index contributed by atoms with van der Waals surface area (Å²) in [6, 6.07) is 6.89. The van der Waals surface area contributed by atoms with Crippen molar-refractivity contribution in [3.8, 4) is 0 Å². The Hall–Kier alpha value is -1.94. The molecule has 2 heterocycles. The van der Waals surface area contributed by atoms with Gasteiger partial charge in [-0.1, -0.05) is 18.5 Å². The van der Waals surface area contributed by atoms with E-state index in [0.29, 0.717) is 16.4 Å². The van der Waals surface area contributed by atoms with Crippen LogP contribution in [0.5, 0.6) is 0 Å². The highest BCUT2D eigenvalue weighted by atomic mass is 35.5. The van der Waals surface area contributed by atoms with Gasteiger partial charge < -0.3 is 5.32 Å². The third kappa shape index (κ3) is 3.29. The number of amides is 1. The monoisotopic (exact) mass is 275 g/mol. The molecule has 1 N–H and O–H groups in total. The van der Waals surface area contributed by atoms with Crippen LogP contribution in [0.15, 0.2) is 30.5 Å². The summed E-state index contributed by atoms with van der Waals surface area (Å²) < 4.78 is 0. The number of aromatic nitrogens is 2. The SMILES string of the molecule is CCc1cc(C(=O)Nc2cccnc2C)cc(Cl)n1. The molecule has 19 heavy (non-hydrogen) atoms. The third-order valence-electron chi connectivity index (χ3n) is 2.73. The lowest BCUT2D eigenvalue weighted by molar-refractivity contribution is 0.102. The van der Waals surface area contributed by atoms with E-state index in [-0.39, 0.29) is 5.91 Å². The first kappa shape index (κ1) is 13.5. The molecule has 2 rings (SSSR count). The molecule has 0 fully saturated rings. The summed E-state index contributed by atoms with van der Waals surface area (Å²) in [7, 11) is 0. The van der Waals surface area contributed by atoms with Gasteiger partial charge in [-0.2, -0.15) is 0 Å². The van der Waals surface area contributed by atoms with Crippen LogP contribution in [-0.4, -0.2) is 15.9 Å². The van der Waals surface area contributed by atoms with E-state index in [1.807, 2.05) is 19.9 Å². The van der Waals surface area contributed by atoms with Gasteiger partial charge in [-0.05, 0) is 37.6 Å². The van der Waals surface area contributed by atoms with Gasteiger partial charge in [-0.3, -0.25) is 9.78 Å². The zero-order valence-electron chi connectivity index (χ0n) is 10.8. The average molecular weight is 276 g/mol. The third-order valence-corrected chi connectivity index (χ3v) is 2.92. The van der Waals surface area contributed by atoms with Crippen LogP contribution < -0.4 is 5.32 Å². The summed E-state index contributed by atoms with van der Waals surface area (Å²) in [6.45, 7) is 3.80. The molecular weight excluding hydrogens is 262 g/mol. The van der Waals surface area contributed by atoms with Crippen molar-refractivity contribution in [1.82, 2.24) is 9.97 Å². The van der Waals surface area contributed by atoms with Crippen molar-refractivity contribution < 1.29 is 4.79 Å². The zero-order valence-corrected chi connectivity index (χ0v) is 11.5. The maximum atomic E-state index is 12.2. The van der Waals surface area contributed by atoms with Crippen molar-refractivity contribution in [2.45, 2.75) is 20.3 Å². The first-order chi connectivity index (χ1) is 9.10. The predicted octanol–water partition coefficient (Wildman–Crippen LogP) is 3.25. The van der Waals surface area contributed by atoms with E-state index in [1.165, 1.54) is 0 Å². The number of nitrogens with zero attached hydrogens (tertiary/aromatic N) is 2. The first-order valence-electron chi connectivity index (χ1n) is 5.99. The fraction of sp³-hybridized carbons (Fsp3) is 0.214. The highest BCUT2D eigenvalue weighted by Crippen LogP contribution is 2.15. The lowest BCUT2D eigenvalue weighted by atomic mass is 10.2. The standard InChI is InChI=1S/C14H14ClN3O/c1-3-11-7-10(8-13(15)17-11)14(19)18-12-5-4-6-16-9(12)2/h4-8H,3H2,1-2H3,(H,18,19). The Morgan fingerprint density at radius 2 is 2.21 bits per heavy atom. The van der Waals surface area contributed by atoms with E-state index in [1.54, 1.807) is 24.4 Å². The number of hydrogen-bond donors (Lipinski definition) is 1. The summed E-state index contributed by atoms with van der Waals surface area (Å²) in [6.07, 6.45) is 2.41. The van der Waals surface area contributed by atoms with Crippen LogP contribution in [-0.2, 0) is 6.42 Å². The minimum atomic E-state index is -0.213. The predicted molar refractivity (Wildman–Crippen MR) is 75.6 cm³/mol.